The smallest absolute Gasteiger partial charge is 0.258 e. The molecular weight excluding hydrogens is 622 g/mol. The summed E-state index contributed by atoms with van der Waals surface area (Å²) in [5.74, 6) is -6.61. The van der Waals surface area contributed by atoms with Gasteiger partial charge in [0.25, 0.3) is 11.8 Å². The summed E-state index contributed by atoms with van der Waals surface area (Å²) >= 11 is 14.7. The van der Waals surface area contributed by atoms with Crippen molar-refractivity contribution < 1.29 is 33.4 Å². The molecule has 7 rings (SSSR count). The number of amides is 4. The minimum Gasteiger partial charge on any atom is -0.508 e. The zero-order valence-corrected chi connectivity index (χ0v) is 25.5. The summed E-state index contributed by atoms with van der Waals surface area (Å²) in [5, 5.41) is 11.2. The van der Waals surface area contributed by atoms with Gasteiger partial charge < -0.3 is 9.84 Å². The normalized spacial score (nSPS) is 30.6. The van der Waals surface area contributed by atoms with Gasteiger partial charge >= 0.3 is 0 Å². The summed E-state index contributed by atoms with van der Waals surface area (Å²) in [4.78, 5) is 54.4. The van der Waals surface area contributed by atoms with Crippen molar-refractivity contribution in [3.05, 3.63) is 101 Å². The van der Waals surface area contributed by atoms with Gasteiger partial charge in [-0.1, -0.05) is 48.0 Å². The van der Waals surface area contributed by atoms with Crippen LogP contribution in [-0.4, -0.2) is 50.5 Å². The molecule has 0 spiro atoms. The fraction of sp³-hybridized carbons (Fsp3) is 0.294. The van der Waals surface area contributed by atoms with Gasteiger partial charge in [0.15, 0.2) is 9.75 Å². The average Bonchev–Trinajstić information content (AvgIpc) is 3.36. The minimum absolute atomic E-state index is 0.0693. The second-order valence-electron chi connectivity index (χ2n) is 11.9. The van der Waals surface area contributed by atoms with Crippen molar-refractivity contribution in [3.63, 3.8) is 0 Å². The molecule has 2 heterocycles. The quantitative estimate of drug-likeness (QED) is 0.229. The highest BCUT2D eigenvalue weighted by Crippen LogP contribution is 2.67. The molecule has 2 saturated heterocycles. The van der Waals surface area contributed by atoms with Gasteiger partial charge in [0, 0.05) is 11.5 Å². The third-order valence-electron chi connectivity index (χ3n) is 9.72. The molecule has 6 atom stereocenters. The molecule has 0 bridgehead atoms. The molecule has 3 fully saturated rings. The molecule has 230 valence electrons. The van der Waals surface area contributed by atoms with Gasteiger partial charge in [0.05, 0.1) is 31.2 Å². The number of fused-ring (bicyclic) bond motifs is 4. The van der Waals surface area contributed by atoms with Crippen LogP contribution in [0.5, 0.6) is 11.5 Å². The molecule has 3 aromatic carbocycles. The topological polar surface area (TPSA) is 104 Å². The van der Waals surface area contributed by atoms with Crippen LogP contribution in [0.3, 0.4) is 0 Å². The highest BCUT2D eigenvalue weighted by molar-refractivity contribution is 6.58. The largest absolute Gasteiger partial charge is 0.508 e. The van der Waals surface area contributed by atoms with Crippen LogP contribution in [0.15, 0.2) is 84.4 Å². The van der Waals surface area contributed by atoms with Crippen LogP contribution < -0.4 is 9.64 Å². The van der Waals surface area contributed by atoms with Crippen molar-refractivity contribution in [1.82, 2.24) is 4.90 Å². The van der Waals surface area contributed by atoms with Crippen LogP contribution in [0, 0.1) is 23.6 Å². The number of phenols is 1. The number of nitrogens with zero attached hydrogens (tertiary/aromatic N) is 2. The molecule has 4 aliphatic rings. The number of hydrogen-bond acceptors (Lipinski definition) is 6. The van der Waals surface area contributed by atoms with E-state index in [1.165, 1.54) is 30.2 Å². The lowest BCUT2D eigenvalue weighted by Crippen LogP contribution is -2.60. The number of methoxy groups -OCH3 is 1. The maximum absolute atomic E-state index is 14.4. The molecule has 6 unspecified atom stereocenters. The Kier molecular flexibility index (Phi) is 6.83. The first-order valence-corrected chi connectivity index (χ1v) is 15.3. The number of carbonyl (C=O) groups is 4. The first-order valence-electron chi connectivity index (χ1n) is 14.5. The molecule has 0 radical (unpaired) electrons. The number of phenolic OH excluding ortho intramolecular Hbond substituents is 1. The first-order chi connectivity index (χ1) is 21.5. The fourth-order valence-corrected chi connectivity index (χ4v) is 8.62. The predicted octanol–water partition coefficient (Wildman–Crippen LogP) is 5.30. The van der Waals surface area contributed by atoms with Gasteiger partial charge in [-0.2, -0.15) is 0 Å². The predicted molar refractivity (Wildman–Crippen MR) is 163 cm³/mol. The Bertz CT molecular complexity index is 1800. The molecule has 2 aliphatic heterocycles. The van der Waals surface area contributed by atoms with Gasteiger partial charge in [0.2, 0.25) is 11.8 Å². The third-order valence-corrected chi connectivity index (χ3v) is 11.1. The van der Waals surface area contributed by atoms with Gasteiger partial charge in [-0.3, -0.25) is 24.1 Å². The van der Waals surface area contributed by atoms with Crippen molar-refractivity contribution >= 4 is 52.5 Å². The summed E-state index contributed by atoms with van der Waals surface area (Å²) in [6.45, 7) is 0.0888. The van der Waals surface area contributed by atoms with Crippen LogP contribution in [0.1, 0.15) is 29.9 Å². The summed E-state index contributed by atoms with van der Waals surface area (Å²) in [5.41, 5.74) is 1.51. The number of alkyl halides is 2. The Labute approximate surface area is 268 Å². The number of likely N-dealkylation sites (tertiary alicyclic amines) is 1. The van der Waals surface area contributed by atoms with E-state index in [9.17, 15) is 28.7 Å². The zero-order chi connectivity index (χ0) is 31.8. The van der Waals surface area contributed by atoms with E-state index < -0.39 is 57.0 Å². The number of anilines is 1. The van der Waals surface area contributed by atoms with Crippen LogP contribution in [-0.2, 0) is 25.7 Å². The lowest BCUT2D eigenvalue weighted by Gasteiger charge is -2.50. The molecule has 11 heteroatoms. The average molecular weight is 650 g/mol. The van der Waals surface area contributed by atoms with Crippen molar-refractivity contribution in [1.29, 1.82) is 0 Å². The van der Waals surface area contributed by atoms with Crippen LogP contribution in [0.2, 0.25) is 0 Å². The van der Waals surface area contributed by atoms with Crippen molar-refractivity contribution in [2.75, 3.05) is 12.0 Å². The molecular formula is C34H27Cl2FN2O6. The Morgan fingerprint density at radius 1 is 0.911 bits per heavy atom. The Balaban J connectivity index is 1.40. The Hall–Kier alpha value is -4.21. The molecule has 1 N–H and O–H groups in total. The van der Waals surface area contributed by atoms with Gasteiger partial charge in [-0.05, 0) is 60.7 Å². The minimum atomic E-state index is -2.18. The SMILES string of the molecule is COc1cccc(O)c1C1C2=CCC3C(=O)N(Cc4ccccc4)C(=O)C3C2CC2(Cl)C(=O)N(c3ccc(F)cc3)C(=O)C12Cl. The van der Waals surface area contributed by atoms with E-state index in [-0.39, 0.29) is 48.0 Å². The molecule has 4 amide bonds. The number of allylic oxidation sites excluding steroid dienone is 2. The molecule has 1 saturated carbocycles. The van der Waals surface area contributed by atoms with E-state index in [0.29, 0.717) is 5.57 Å². The van der Waals surface area contributed by atoms with Crippen molar-refractivity contribution in [3.8, 4) is 11.5 Å². The maximum atomic E-state index is 14.4. The third kappa shape index (κ3) is 4.03. The van der Waals surface area contributed by atoms with E-state index >= 15 is 0 Å². The number of benzene rings is 3. The second kappa shape index (κ2) is 10.4. The lowest BCUT2D eigenvalue weighted by atomic mass is 9.56. The Morgan fingerprint density at radius 2 is 1.62 bits per heavy atom. The summed E-state index contributed by atoms with van der Waals surface area (Å²) < 4.78 is 19.4. The van der Waals surface area contributed by atoms with Crippen molar-refractivity contribution in [2.45, 2.75) is 35.1 Å². The van der Waals surface area contributed by atoms with E-state index in [2.05, 4.69) is 0 Å². The number of ether oxygens (including phenoxy) is 1. The highest BCUT2D eigenvalue weighted by Gasteiger charge is 2.77. The number of hydrogen-bond donors (Lipinski definition) is 1. The Morgan fingerprint density at radius 3 is 2.31 bits per heavy atom. The first kappa shape index (κ1) is 29.5. The van der Waals surface area contributed by atoms with Crippen molar-refractivity contribution in [2.24, 2.45) is 17.8 Å². The van der Waals surface area contributed by atoms with E-state index in [4.69, 9.17) is 27.9 Å². The van der Waals surface area contributed by atoms with Crippen LogP contribution >= 0.6 is 23.2 Å². The monoisotopic (exact) mass is 648 g/mol. The zero-order valence-electron chi connectivity index (χ0n) is 24.0. The molecule has 45 heavy (non-hydrogen) atoms. The maximum Gasteiger partial charge on any atom is 0.258 e. The standard InChI is InChI=1S/C34H27Cl2FN2O6/c1-45-25-9-5-8-24(40)27(25)28-21-14-15-22-26(30(42)38(29(22)41)17-18-6-3-2-4-7-18)23(21)16-33(35)31(43)39(32(44)34(28,33)36)20-12-10-19(37)11-13-20/h2-14,22-23,26,28,40H,15-17H2,1H3. The van der Waals surface area contributed by atoms with Crippen LogP contribution in [0.25, 0.3) is 0 Å². The second-order valence-corrected chi connectivity index (χ2v) is 13.1. The number of halogens is 3. The molecule has 8 nitrogen and oxygen atoms in total. The number of carbonyl (C=O) groups excluding carboxylic acids is 4. The van der Waals surface area contributed by atoms with Crippen LogP contribution in [0.4, 0.5) is 10.1 Å². The summed E-state index contributed by atoms with van der Waals surface area (Å²) in [6.07, 6.45) is 1.75. The number of imide groups is 2. The molecule has 3 aromatic rings. The molecule has 0 aromatic heterocycles. The van der Waals surface area contributed by atoms with Gasteiger partial charge in [-0.15, -0.1) is 23.2 Å². The highest BCUT2D eigenvalue weighted by atomic mass is 35.5. The lowest BCUT2D eigenvalue weighted by molar-refractivity contribution is -0.141. The fourth-order valence-electron chi connectivity index (χ4n) is 7.70. The van der Waals surface area contributed by atoms with E-state index in [0.717, 1.165) is 22.6 Å². The van der Waals surface area contributed by atoms with Gasteiger partial charge in [0.1, 0.15) is 17.3 Å². The molecule has 2 aliphatic carbocycles. The summed E-state index contributed by atoms with van der Waals surface area (Å²) in [7, 11) is 1.39. The summed E-state index contributed by atoms with van der Waals surface area (Å²) in [6, 6.07) is 18.5. The van der Waals surface area contributed by atoms with E-state index in [1.807, 2.05) is 30.3 Å². The van der Waals surface area contributed by atoms with E-state index in [1.54, 1.807) is 18.2 Å². The number of rotatable bonds is 5. The van der Waals surface area contributed by atoms with Gasteiger partial charge in [-0.25, -0.2) is 9.29 Å². The number of aromatic hydroxyl groups is 1.